The minimum Gasteiger partial charge on any atom is -0.488 e. The Bertz CT molecular complexity index is 581. The Hall–Kier alpha value is -1.30. The third-order valence-corrected chi connectivity index (χ3v) is 3.43. The number of halogens is 1. The van der Waals surface area contributed by atoms with Gasteiger partial charge in [-0.05, 0) is 0 Å². The molecule has 0 amide bonds. The molecule has 2 heterocycles. The second-order valence-corrected chi connectivity index (χ2v) is 5.39. The summed E-state index contributed by atoms with van der Waals surface area (Å²) in [5.41, 5.74) is 8.29. The quantitative estimate of drug-likeness (QED) is 0.731. The number of H-pyrrole nitrogens is 1. The van der Waals surface area contributed by atoms with Crippen LogP contribution in [0.3, 0.4) is 0 Å². The number of pyridine rings is 1. The third-order valence-electron chi connectivity index (χ3n) is 3.16. The van der Waals surface area contributed by atoms with Gasteiger partial charge in [0.05, 0.1) is 17.6 Å². The van der Waals surface area contributed by atoms with E-state index in [-0.39, 0.29) is 23.8 Å². The number of aromatic nitrogens is 2. The zero-order chi connectivity index (χ0) is 14.0. The van der Waals surface area contributed by atoms with Gasteiger partial charge in [-0.2, -0.15) is 0 Å². The number of nitrogens with one attached hydrogen (secondary N) is 1. The molecule has 0 radical (unpaired) electrons. The molecule has 2 rings (SSSR count). The lowest BCUT2D eigenvalue weighted by Crippen LogP contribution is -2.27. The molecule has 0 aromatic carbocycles. The summed E-state index contributed by atoms with van der Waals surface area (Å²) in [6.07, 6.45) is 1.90. The van der Waals surface area contributed by atoms with Crippen molar-refractivity contribution in [1.29, 1.82) is 0 Å². The summed E-state index contributed by atoms with van der Waals surface area (Å²) in [6.45, 7) is 4.75. The molecule has 6 heteroatoms. The van der Waals surface area contributed by atoms with Gasteiger partial charge in [0.1, 0.15) is 6.61 Å². The van der Waals surface area contributed by atoms with Crippen LogP contribution in [0.4, 0.5) is 0 Å². The highest BCUT2D eigenvalue weighted by molar-refractivity contribution is 6.31. The summed E-state index contributed by atoms with van der Waals surface area (Å²) in [6, 6.07) is 1.79. The smallest absolute Gasteiger partial charge is 0.171 e. The number of fused-ring (bicyclic) bond motifs is 1. The molecule has 0 saturated heterocycles. The predicted octanol–water partition coefficient (Wildman–Crippen LogP) is 1.82. The first-order chi connectivity index (χ1) is 8.99. The van der Waals surface area contributed by atoms with Crippen LogP contribution in [0.5, 0.6) is 5.75 Å². The number of aliphatic hydroxyl groups is 1. The number of nitrogens with zero attached hydrogens (tertiary/aromatic N) is 1. The molecule has 0 aliphatic rings. The molecule has 104 valence electrons. The van der Waals surface area contributed by atoms with Crippen molar-refractivity contribution in [2.24, 2.45) is 5.73 Å². The van der Waals surface area contributed by atoms with Gasteiger partial charge in [-0.25, -0.2) is 4.98 Å². The molecular weight excluding hydrogens is 266 g/mol. The van der Waals surface area contributed by atoms with E-state index in [2.05, 4.69) is 23.8 Å². The van der Waals surface area contributed by atoms with Gasteiger partial charge in [-0.15, -0.1) is 0 Å². The average molecular weight is 284 g/mol. The maximum Gasteiger partial charge on any atom is 0.171 e. The van der Waals surface area contributed by atoms with Gasteiger partial charge in [0.25, 0.3) is 0 Å². The summed E-state index contributed by atoms with van der Waals surface area (Å²) < 4.78 is 5.33. The lowest BCUT2D eigenvalue weighted by atomic mass is 9.86. The molecule has 0 atom stereocenters. The van der Waals surface area contributed by atoms with Crippen molar-refractivity contribution in [2.75, 3.05) is 19.8 Å². The van der Waals surface area contributed by atoms with E-state index in [0.29, 0.717) is 12.3 Å². The first-order valence-corrected chi connectivity index (χ1v) is 6.49. The average Bonchev–Trinajstić information content (AvgIpc) is 2.79. The molecule has 5 nitrogen and oxygen atoms in total. The van der Waals surface area contributed by atoms with Crippen LogP contribution in [0.2, 0.25) is 5.15 Å². The normalized spacial score (nSPS) is 12.1. The molecule has 2 aromatic heterocycles. The zero-order valence-corrected chi connectivity index (χ0v) is 11.8. The van der Waals surface area contributed by atoms with Crippen LogP contribution in [0.1, 0.15) is 19.4 Å². The molecular formula is C13H18ClN3O2. The number of hydrogen-bond donors (Lipinski definition) is 3. The van der Waals surface area contributed by atoms with Gasteiger partial charge in [0, 0.05) is 29.8 Å². The summed E-state index contributed by atoms with van der Waals surface area (Å²) in [4.78, 5) is 7.53. The van der Waals surface area contributed by atoms with Crippen LogP contribution in [0.15, 0.2) is 12.3 Å². The molecule has 0 aliphatic carbocycles. The number of aromatic amines is 1. The van der Waals surface area contributed by atoms with Crippen LogP contribution in [-0.4, -0.2) is 34.8 Å². The summed E-state index contributed by atoms with van der Waals surface area (Å²) in [5, 5.41) is 9.05. The topological polar surface area (TPSA) is 84.2 Å². The molecule has 0 saturated carbocycles. The largest absolute Gasteiger partial charge is 0.488 e. The SMILES string of the molecule is CC(C)(CN)c1c[nH]c2cc(OCCO)c(Cl)nc12. The molecule has 0 fully saturated rings. The van der Waals surface area contributed by atoms with Crippen molar-refractivity contribution in [1.82, 2.24) is 9.97 Å². The summed E-state index contributed by atoms with van der Waals surface area (Å²) in [5.74, 6) is 0.460. The Morgan fingerprint density at radius 3 is 2.89 bits per heavy atom. The number of nitrogens with two attached hydrogens (primary N) is 1. The Morgan fingerprint density at radius 1 is 1.53 bits per heavy atom. The van der Waals surface area contributed by atoms with Crippen molar-refractivity contribution in [3.05, 3.63) is 23.0 Å². The molecule has 2 aromatic rings. The van der Waals surface area contributed by atoms with Gasteiger partial charge in [-0.3, -0.25) is 0 Å². The van der Waals surface area contributed by atoms with E-state index in [0.717, 1.165) is 16.6 Å². The minimum absolute atomic E-state index is 0.0649. The van der Waals surface area contributed by atoms with Gasteiger partial charge >= 0.3 is 0 Å². The number of aliphatic hydroxyl groups excluding tert-OH is 1. The lowest BCUT2D eigenvalue weighted by Gasteiger charge is -2.21. The van der Waals surface area contributed by atoms with Crippen molar-refractivity contribution < 1.29 is 9.84 Å². The van der Waals surface area contributed by atoms with Crippen molar-refractivity contribution in [3.63, 3.8) is 0 Å². The number of rotatable bonds is 5. The van der Waals surface area contributed by atoms with Crippen molar-refractivity contribution in [3.8, 4) is 5.75 Å². The number of hydrogen-bond acceptors (Lipinski definition) is 4. The Balaban J connectivity index is 2.48. The second-order valence-electron chi connectivity index (χ2n) is 5.04. The number of ether oxygens (including phenoxy) is 1. The summed E-state index contributed by atoms with van der Waals surface area (Å²) >= 11 is 6.10. The van der Waals surface area contributed by atoms with Crippen LogP contribution in [0, 0.1) is 0 Å². The van der Waals surface area contributed by atoms with Gasteiger partial charge < -0.3 is 20.6 Å². The maximum atomic E-state index is 8.76. The molecule has 0 unspecified atom stereocenters. The van der Waals surface area contributed by atoms with Gasteiger partial charge in [0.2, 0.25) is 0 Å². The highest BCUT2D eigenvalue weighted by atomic mass is 35.5. The van der Waals surface area contributed by atoms with Gasteiger partial charge in [-0.1, -0.05) is 25.4 Å². The van der Waals surface area contributed by atoms with Crippen LogP contribution in [-0.2, 0) is 5.41 Å². The Morgan fingerprint density at radius 2 is 2.26 bits per heavy atom. The monoisotopic (exact) mass is 283 g/mol. The van der Waals surface area contributed by atoms with Crippen LogP contribution < -0.4 is 10.5 Å². The van der Waals surface area contributed by atoms with Crippen molar-refractivity contribution in [2.45, 2.75) is 19.3 Å². The Kier molecular flexibility index (Phi) is 3.99. The third kappa shape index (κ3) is 2.68. The fraction of sp³-hybridized carbons (Fsp3) is 0.462. The Labute approximate surface area is 116 Å². The van der Waals surface area contributed by atoms with Gasteiger partial charge in [0.15, 0.2) is 10.9 Å². The summed E-state index contributed by atoms with van der Waals surface area (Å²) in [7, 11) is 0. The van der Waals surface area contributed by atoms with E-state index in [9.17, 15) is 0 Å². The standard InChI is InChI=1S/C13H18ClN3O2/c1-13(2,7-15)8-6-16-9-5-10(19-4-3-18)12(14)17-11(8)9/h5-6,16,18H,3-4,7,15H2,1-2H3. The minimum atomic E-state index is -0.179. The molecule has 0 spiro atoms. The molecule has 0 aliphatic heterocycles. The maximum absolute atomic E-state index is 8.76. The predicted molar refractivity (Wildman–Crippen MR) is 75.8 cm³/mol. The van der Waals surface area contributed by atoms with Crippen LogP contribution >= 0.6 is 11.6 Å². The zero-order valence-electron chi connectivity index (χ0n) is 11.0. The fourth-order valence-electron chi connectivity index (χ4n) is 1.89. The molecule has 4 N–H and O–H groups in total. The van der Waals surface area contributed by atoms with Crippen molar-refractivity contribution >= 4 is 22.6 Å². The first-order valence-electron chi connectivity index (χ1n) is 6.11. The van der Waals surface area contributed by atoms with E-state index in [1.165, 1.54) is 0 Å². The van der Waals surface area contributed by atoms with E-state index in [1.807, 2.05) is 6.20 Å². The first kappa shape index (κ1) is 14.1. The van der Waals surface area contributed by atoms with E-state index in [1.54, 1.807) is 6.07 Å². The van der Waals surface area contributed by atoms with E-state index >= 15 is 0 Å². The molecule has 19 heavy (non-hydrogen) atoms. The lowest BCUT2D eigenvalue weighted by molar-refractivity contribution is 0.201. The van der Waals surface area contributed by atoms with Crippen LogP contribution in [0.25, 0.3) is 11.0 Å². The highest BCUT2D eigenvalue weighted by Crippen LogP contribution is 2.33. The van der Waals surface area contributed by atoms with E-state index in [4.69, 9.17) is 27.2 Å². The second kappa shape index (κ2) is 5.36. The highest BCUT2D eigenvalue weighted by Gasteiger charge is 2.24. The fourth-order valence-corrected chi connectivity index (χ4v) is 2.08. The van der Waals surface area contributed by atoms with E-state index < -0.39 is 0 Å². The molecule has 0 bridgehead atoms.